The van der Waals surface area contributed by atoms with E-state index < -0.39 is 63.4 Å². The Morgan fingerprint density at radius 1 is 0.963 bits per heavy atom. The van der Waals surface area contributed by atoms with E-state index in [1.165, 1.54) is 0 Å². The van der Waals surface area contributed by atoms with E-state index in [2.05, 4.69) is 9.47 Å². The number of carbonyl (C=O) groups is 1. The monoisotopic (exact) mass is 418 g/mol. The number of alkyl halides is 3. The fourth-order valence-corrected chi connectivity index (χ4v) is 2.13. The molecule has 0 radical (unpaired) electrons. The first-order valence-corrected chi connectivity index (χ1v) is 7.01. The molecule has 2 aromatic rings. The zero-order valence-electron chi connectivity index (χ0n) is 12.9. The fraction of sp³-hybridized carbons (Fsp3) is 0.133. The van der Waals surface area contributed by atoms with Crippen molar-refractivity contribution in [3.05, 3.63) is 47.0 Å². The van der Waals surface area contributed by atoms with Crippen LogP contribution in [0.3, 0.4) is 0 Å². The molecule has 0 heterocycles. The minimum absolute atomic E-state index is 0.242. The second kappa shape index (κ2) is 7.51. The molecular weight excluding hydrogens is 413 g/mol. The van der Waals surface area contributed by atoms with E-state index in [0.29, 0.717) is 12.1 Å². The maximum atomic E-state index is 14.1. The molecule has 12 heteroatoms. The van der Waals surface area contributed by atoms with Crippen molar-refractivity contribution in [3.8, 4) is 23.0 Å². The van der Waals surface area contributed by atoms with E-state index in [4.69, 9.17) is 16.3 Å². The van der Waals surface area contributed by atoms with Gasteiger partial charge in [0.2, 0.25) is 11.6 Å². The van der Waals surface area contributed by atoms with Crippen molar-refractivity contribution in [1.82, 2.24) is 0 Å². The summed E-state index contributed by atoms with van der Waals surface area (Å²) in [6.07, 6.45) is -5.21. The molecule has 0 spiro atoms. The average molecular weight is 419 g/mol. The third kappa shape index (κ3) is 4.35. The summed E-state index contributed by atoms with van der Waals surface area (Å²) in [4.78, 5) is 11.3. The van der Waals surface area contributed by atoms with E-state index in [9.17, 15) is 35.5 Å². The normalized spacial score (nSPS) is 11.3. The van der Waals surface area contributed by atoms with Gasteiger partial charge in [0.15, 0.2) is 29.0 Å². The first kappa shape index (κ1) is 20.6. The number of ether oxygens (including phenoxy) is 3. The van der Waals surface area contributed by atoms with Crippen molar-refractivity contribution in [1.29, 1.82) is 0 Å². The van der Waals surface area contributed by atoms with Crippen LogP contribution in [0, 0.1) is 23.3 Å². The number of halogens is 8. The van der Waals surface area contributed by atoms with Crippen molar-refractivity contribution in [2.75, 3.05) is 7.11 Å². The van der Waals surface area contributed by atoms with Gasteiger partial charge in [-0.1, -0.05) is 0 Å². The van der Waals surface area contributed by atoms with Gasteiger partial charge in [-0.2, -0.15) is 4.39 Å². The molecule has 0 atom stereocenters. The molecule has 0 N–H and O–H groups in total. The molecule has 27 heavy (non-hydrogen) atoms. The largest absolute Gasteiger partial charge is 0.573 e. The molecule has 0 aliphatic carbocycles. The lowest BCUT2D eigenvalue weighted by atomic mass is 10.2. The Morgan fingerprint density at radius 3 is 2.07 bits per heavy atom. The van der Waals surface area contributed by atoms with E-state index >= 15 is 0 Å². The topological polar surface area (TPSA) is 44.8 Å². The number of methoxy groups -OCH3 is 1. The summed E-state index contributed by atoms with van der Waals surface area (Å²) in [5.74, 6) is -11.3. The van der Waals surface area contributed by atoms with Crippen LogP contribution in [0.15, 0.2) is 18.2 Å². The van der Waals surface area contributed by atoms with Crippen LogP contribution < -0.4 is 14.2 Å². The lowest BCUT2D eigenvalue weighted by Crippen LogP contribution is -2.18. The third-order valence-corrected chi connectivity index (χ3v) is 3.19. The van der Waals surface area contributed by atoms with Crippen LogP contribution in [0.4, 0.5) is 30.7 Å². The molecule has 0 unspecified atom stereocenters. The minimum atomic E-state index is -5.21. The van der Waals surface area contributed by atoms with Crippen LogP contribution in [0.5, 0.6) is 23.0 Å². The number of benzene rings is 2. The summed E-state index contributed by atoms with van der Waals surface area (Å²) in [7, 11) is 0.849. The Balaban J connectivity index is 2.56. The molecule has 0 bridgehead atoms. The first-order chi connectivity index (χ1) is 12.5. The molecule has 2 rings (SSSR count). The van der Waals surface area contributed by atoms with E-state index in [-0.39, 0.29) is 6.07 Å². The van der Waals surface area contributed by atoms with Gasteiger partial charge in [-0.15, -0.1) is 13.2 Å². The summed E-state index contributed by atoms with van der Waals surface area (Å²) >= 11 is 5.11. The van der Waals surface area contributed by atoms with Gasteiger partial charge in [-0.3, -0.25) is 4.79 Å². The summed E-state index contributed by atoms with van der Waals surface area (Å²) in [6.45, 7) is 0. The number of carbonyl (C=O) groups excluding carboxylic acids is 1. The molecule has 0 aromatic heterocycles. The zero-order valence-corrected chi connectivity index (χ0v) is 13.6. The number of rotatable bonds is 5. The summed E-state index contributed by atoms with van der Waals surface area (Å²) in [5, 5.41) is -1.57. The van der Waals surface area contributed by atoms with E-state index in [0.717, 1.165) is 7.11 Å². The Hall–Kier alpha value is -2.69. The molecule has 0 saturated carbocycles. The highest BCUT2D eigenvalue weighted by Crippen LogP contribution is 2.41. The lowest BCUT2D eigenvalue weighted by molar-refractivity contribution is -0.275. The third-order valence-electron chi connectivity index (χ3n) is 3.00. The van der Waals surface area contributed by atoms with Crippen LogP contribution in [-0.4, -0.2) is 18.7 Å². The van der Waals surface area contributed by atoms with Gasteiger partial charge in [-0.25, -0.2) is 13.2 Å². The summed E-state index contributed by atoms with van der Waals surface area (Å²) in [6, 6.07) is 1.43. The van der Waals surface area contributed by atoms with Crippen LogP contribution in [0.2, 0.25) is 0 Å². The lowest BCUT2D eigenvalue weighted by Gasteiger charge is -2.16. The van der Waals surface area contributed by atoms with Gasteiger partial charge in [0, 0.05) is 6.07 Å². The van der Waals surface area contributed by atoms with Gasteiger partial charge >= 0.3 is 6.36 Å². The van der Waals surface area contributed by atoms with Crippen LogP contribution in [-0.2, 0) is 0 Å². The Kier molecular flexibility index (Phi) is 5.73. The Bertz CT molecular complexity index is 899. The molecule has 0 aliphatic rings. The summed E-state index contributed by atoms with van der Waals surface area (Å²) in [5.41, 5.74) is -1.21. The van der Waals surface area contributed by atoms with Crippen molar-refractivity contribution >= 4 is 16.8 Å². The van der Waals surface area contributed by atoms with Crippen molar-refractivity contribution in [2.45, 2.75) is 6.36 Å². The Morgan fingerprint density at radius 2 is 1.56 bits per heavy atom. The zero-order chi connectivity index (χ0) is 20.5. The average Bonchev–Trinajstić information content (AvgIpc) is 2.54. The van der Waals surface area contributed by atoms with Crippen LogP contribution in [0.1, 0.15) is 10.4 Å². The molecule has 0 fully saturated rings. The smallest absolute Gasteiger partial charge is 0.490 e. The molecular formula is C15H6ClF7O4. The van der Waals surface area contributed by atoms with Crippen LogP contribution >= 0.6 is 11.6 Å². The maximum absolute atomic E-state index is 14.1. The second-order valence-electron chi connectivity index (χ2n) is 4.69. The van der Waals surface area contributed by atoms with Gasteiger partial charge in [0.05, 0.1) is 7.11 Å². The highest BCUT2D eigenvalue weighted by Gasteiger charge is 2.34. The fourth-order valence-electron chi connectivity index (χ4n) is 1.95. The quantitative estimate of drug-likeness (QED) is 0.374. The van der Waals surface area contributed by atoms with Crippen molar-refractivity contribution < 1.29 is 49.7 Å². The standard InChI is InChI=1S/C15H6ClF7O4/c1-25-13-7(3-2-6(11(13)19)27-15(21,22)23)26-8-4-5(17)10(18)12(20)9(8)14(16)24/h2-4H,1H3. The minimum Gasteiger partial charge on any atom is -0.490 e. The highest BCUT2D eigenvalue weighted by atomic mass is 35.5. The maximum Gasteiger partial charge on any atom is 0.573 e. The molecule has 0 amide bonds. The predicted octanol–water partition coefficient (Wildman–Crippen LogP) is 5.32. The van der Waals surface area contributed by atoms with Gasteiger partial charge < -0.3 is 14.2 Å². The van der Waals surface area contributed by atoms with E-state index in [1.807, 2.05) is 0 Å². The molecule has 2 aromatic carbocycles. The second-order valence-corrected chi connectivity index (χ2v) is 5.04. The highest BCUT2D eigenvalue weighted by molar-refractivity contribution is 6.68. The van der Waals surface area contributed by atoms with Crippen LogP contribution in [0.25, 0.3) is 0 Å². The van der Waals surface area contributed by atoms with Gasteiger partial charge in [0.1, 0.15) is 11.3 Å². The van der Waals surface area contributed by atoms with Gasteiger partial charge in [0.25, 0.3) is 5.24 Å². The molecule has 0 saturated heterocycles. The molecule has 0 aliphatic heterocycles. The molecule has 146 valence electrons. The number of hydrogen-bond acceptors (Lipinski definition) is 4. The first-order valence-electron chi connectivity index (χ1n) is 6.63. The predicted molar refractivity (Wildman–Crippen MR) is 76.2 cm³/mol. The van der Waals surface area contributed by atoms with Crippen molar-refractivity contribution in [2.24, 2.45) is 0 Å². The summed E-state index contributed by atoms with van der Waals surface area (Å²) < 4.78 is 104. The number of hydrogen-bond donors (Lipinski definition) is 0. The van der Waals surface area contributed by atoms with E-state index in [1.54, 1.807) is 0 Å². The SMILES string of the molecule is COc1c(Oc2cc(F)c(F)c(F)c2C(=O)Cl)ccc(OC(F)(F)F)c1F. The Labute approximate surface area is 151 Å². The molecule has 4 nitrogen and oxygen atoms in total. The van der Waals surface area contributed by atoms with Crippen molar-refractivity contribution in [3.63, 3.8) is 0 Å². The van der Waals surface area contributed by atoms with Gasteiger partial charge in [-0.05, 0) is 23.7 Å².